The molecule has 13 heteroatoms. The predicted molar refractivity (Wildman–Crippen MR) is 181 cm³/mol. The van der Waals surface area contributed by atoms with Crippen molar-refractivity contribution in [1.82, 2.24) is 18.7 Å². The molecule has 9 nitrogen and oxygen atoms in total. The fourth-order valence-electron chi connectivity index (χ4n) is 6.34. The van der Waals surface area contributed by atoms with Gasteiger partial charge in [0, 0.05) is 54.9 Å². The monoisotopic (exact) mass is 674 g/mol. The average Bonchev–Trinajstić information content (AvgIpc) is 3.37. The Morgan fingerprint density at radius 2 is 1.74 bits per heavy atom. The minimum Gasteiger partial charge on any atom is -0.495 e. The number of aromatic nitrogens is 1. The number of fused-ring (bicyclic) bond motifs is 1. The number of sulfonamides is 1. The topological polar surface area (TPSA) is 82.1 Å². The van der Waals surface area contributed by atoms with Crippen LogP contribution in [-0.4, -0.2) is 106 Å². The van der Waals surface area contributed by atoms with E-state index in [1.54, 1.807) is 24.3 Å². The number of likely N-dealkylation sites (N-methyl/N-ethyl adjacent to an activating group) is 1. The zero-order valence-corrected chi connectivity index (χ0v) is 28.6. The van der Waals surface area contributed by atoms with Crippen LogP contribution in [0.25, 0.3) is 10.9 Å². The molecule has 1 saturated heterocycles. The number of halogens is 3. The van der Waals surface area contributed by atoms with Crippen LogP contribution in [0.1, 0.15) is 38.3 Å². The van der Waals surface area contributed by atoms with E-state index in [2.05, 4.69) is 53.3 Å². The molecule has 0 radical (unpaired) electrons. The number of hydrogen-bond acceptors (Lipinski definition) is 7. The summed E-state index contributed by atoms with van der Waals surface area (Å²) >= 11 is 0. The molecule has 2 aliphatic rings. The van der Waals surface area contributed by atoms with Gasteiger partial charge in [-0.05, 0) is 90.0 Å². The minimum absolute atomic E-state index is 0.103. The Kier molecular flexibility index (Phi) is 10.4. The van der Waals surface area contributed by atoms with Crippen LogP contribution in [0.15, 0.2) is 47.4 Å². The van der Waals surface area contributed by atoms with Crippen LogP contribution in [0.4, 0.5) is 24.5 Å². The second-order valence-corrected chi connectivity index (χ2v) is 14.9. The highest BCUT2D eigenvalue weighted by molar-refractivity contribution is 7.89. The van der Waals surface area contributed by atoms with Crippen molar-refractivity contribution in [3.8, 4) is 17.6 Å². The fourth-order valence-corrected chi connectivity index (χ4v) is 7.78. The third-order valence-corrected chi connectivity index (χ3v) is 11.5. The molecule has 0 amide bonds. The van der Waals surface area contributed by atoms with Crippen LogP contribution < -0.4 is 15.4 Å². The maximum Gasteiger partial charge on any atom is 0.406 e. The lowest BCUT2D eigenvalue weighted by Crippen LogP contribution is -2.47. The van der Waals surface area contributed by atoms with Crippen molar-refractivity contribution in [2.75, 3.05) is 71.6 Å². The maximum absolute atomic E-state index is 13.7. The summed E-state index contributed by atoms with van der Waals surface area (Å²) in [7, 11) is 3.93. The summed E-state index contributed by atoms with van der Waals surface area (Å²) in [6.45, 7) is 3.36. The van der Waals surface area contributed by atoms with Crippen LogP contribution in [0.5, 0.6) is 5.75 Å². The van der Waals surface area contributed by atoms with Crippen LogP contribution in [0, 0.1) is 11.8 Å². The van der Waals surface area contributed by atoms with Gasteiger partial charge in [0.05, 0.1) is 35.4 Å². The Hall–Kier alpha value is -3.44. The van der Waals surface area contributed by atoms with Crippen molar-refractivity contribution >= 4 is 32.3 Å². The summed E-state index contributed by atoms with van der Waals surface area (Å²) in [5.74, 6) is 6.22. The van der Waals surface area contributed by atoms with E-state index in [9.17, 15) is 21.6 Å². The maximum atomic E-state index is 13.7. The van der Waals surface area contributed by atoms with Crippen molar-refractivity contribution in [3.63, 3.8) is 0 Å². The van der Waals surface area contributed by atoms with Gasteiger partial charge in [-0.3, -0.25) is 0 Å². The molecular weight excluding hydrogens is 629 g/mol. The lowest BCUT2D eigenvalue weighted by molar-refractivity contribution is -0.140. The number of piperazine rings is 1. The van der Waals surface area contributed by atoms with Crippen LogP contribution in [0.3, 0.4) is 0 Å². The summed E-state index contributed by atoms with van der Waals surface area (Å²) < 4.78 is 75.7. The molecule has 1 aromatic heterocycles. The SMILES string of the molecule is COc1cc(S(=O)(=O)N2CCN(C)CC2)ccc1NCC#Cc1cc2c(NC3CCC(C)(N(C)C)CC3)cccc2n1CC(F)(F)F. The quantitative estimate of drug-likeness (QED) is 0.299. The molecule has 3 aromatic rings. The molecule has 0 unspecified atom stereocenters. The summed E-state index contributed by atoms with van der Waals surface area (Å²) in [4.78, 5) is 4.49. The molecule has 0 bridgehead atoms. The fraction of sp³-hybridized carbons (Fsp3) is 0.529. The first kappa shape index (κ1) is 34.9. The second kappa shape index (κ2) is 14.0. The van der Waals surface area contributed by atoms with Gasteiger partial charge in [0.2, 0.25) is 10.0 Å². The standard InChI is InChI=1S/C34H45F3N6O3S/c1-33(40(2)3)15-13-25(14-16-33)39-29-9-6-10-31-28(29)22-26(43(31)24-34(35,36)37)8-7-17-38-30-12-11-27(23-32(30)46-5)47(44,45)42-20-18-41(4)19-21-42/h6,9-12,22-23,25,38-39H,13-21,24H2,1-5H3. The van der Waals surface area contributed by atoms with E-state index in [0.29, 0.717) is 48.5 Å². The van der Waals surface area contributed by atoms with Gasteiger partial charge in [0.1, 0.15) is 12.3 Å². The lowest BCUT2D eigenvalue weighted by atomic mass is 9.80. The van der Waals surface area contributed by atoms with E-state index in [1.807, 2.05) is 13.1 Å². The van der Waals surface area contributed by atoms with Gasteiger partial charge in [-0.25, -0.2) is 8.42 Å². The highest BCUT2D eigenvalue weighted by atomic mass is 32.2. The number of ether oxygens (including phenoxy) is 1. The molecule has 2 N–H and O–H groups in total. The van der Waals surface area contributed by atoms with Gasteiger partial charge in [-0.2, -0.15) is 17.5 Å². The molecule has 256 valence electrons. The van der Waals surface area contributed by atoms with E-state index in [-0.39, 0.29) is 28.7 Å². The molecule has 2 fully saturated rings. The number of methoxy groups -OCH3 is 1. The number of nitrogens with one attached hydrogen (secondary N) is 2. The summed E-state index contributed by atoms with van der Waals surface area (Å²) in [5, 5.41) is 7.43. The van der Waals surface area contributed by atoms with Gasteiger partial charge < -0.3 is 29.7 Å². The Morgan fingerprint density at radius 1 is 1.04 bits per heavy atom. The average molecular weight is 675 g/mol. The molecule has 2 aromatic carbocycles. The minimum atomic E-state index is -4.43. The molecule has 0 atom stereocenters. The Labute approximate surface area is 276 Å². The number of alkyl halides is 3. The molecule has 5 rings (SSSR count). The highest BCUT2D eigenvalue weighted by Crippen LogP contribution is 2.36. The Bertz CT molecular complexity index is 1730. The molecule has 1 aliphatic heterocycles. The predicted octanol–water partition coefficient (Wildman–Crippen LogP) is 5.29. The molecule has 47 heavy (non-hydrogen) atoms. The number of benzene rings is 2. The van der Waals surface area contributed by atoms with Crippen LogP contribution >= 0.6 is 0 Å². The number of anilines is 2. The zero-order valence-electron chi connectivity index (χ0n) is 27.7. The van der Waals surface area contributed by atoms with Crippen LogP contribution in [0.2, 0.25) is 0 Å². The Morgan fingerprint density at radius 3 is 2.38 bits per heavy atom. The van der Waals surface area contributed by atoms with Gasteiger partial charge in [-0.1, -0.05) is 12.0 Å². The second-order valence-electron chi connectivity index (χ2n) is 13.0. The van der Waals surface area contributed by atoms with Gasteiger partial charge >= 0.3 is 6.18 Å². The van der Waals surface area contributed by atoms with E-state index >= 15 is 0 Å². The molecule has 1 aliphatic carbocycles. The van der Waals surface area contributed by atoms with Crippen molar-refractivity contribution < 1.29 is 26.3 Å². The first-order valence-electron chi connectivity index (χ1n) is 15.9. The molecule has 2 heterocycles. The van der Waals surface area contributed by atoms with E-state index in [4.69, 9.17) is 4.74 Å². The first-order valence-corrected chi connectivity index (χ1v) is 17.4. The lowest BCUT2D eigenvalue weighted by Gasteiger charge is -2.42. The summed E-state index contributed by atoms with van der Waals surface area (Å²) in [6.07, 6.45) is -0.417. The zero-order chi connectivity index (χ0) is 34.0. The number of hydrogen-bond donors (Lipinski definition) is 2. The Balaban J connectivity index is 1.33. The van der Waals surface area contributed by atoms with Gasteiger partial charge in [0.15, 0.2) is 0 Å². The first-order chi connectivity index (χ1) is 22.2. The smallest absolute Gasteiger partial charge is 0.406 e. The number of rotatable bonds is 9. The molecule has 0 spiro atoms. The highest BCUT2D eigenvalue weighted by Gasteiger charge is 2.34. The van der Waals surface area contributed by atoms with E-state index in [1.165, 1.54) is 28.1 Å². The van der Waals surface area contributed by atoms with E-state index < -0.39 is 22.7 Å². The normalized spacial score (nSPS) is 21.4. The van der Waals surface area contributed by atoms with Gasteiger partial charge in [0.25, 0.3) is 0 Å². The number of nitrogens with zero attached hydrogens (tertiary/aromatic N) is 4. The van der Waals surface area contributed by atoms with Crippen LogP contribution in [-0.2, 0) is 16.6 Å². The van der Waals surface area contributed by atoms with Crippen molar-refractivity contribution in [2.45, 2.75) is 61.8 Å². The third kappa shape index (κ3) is 8.00. The summed E-state index contributed by atoms with van der Waals surface area (Å²) in [6, 6.07) is 12.0. The van der Waals surface area contributed by atoms with Gasteiger partial charge in [-0.15, -0.1) is 0 Å². The summed E-state index contributed by atoms with van der Waals surface area (Å²) in [5.41, 5.74) is 2.21. The largest absolute Gasteiger partial charge is 0.495 e. The van der Waals surface area contributed by atoms with Crippen molar-refractivity contribution in [3.05, 3.63) is 48.2 Å². The molecule has 1 saturated carbocycles. The van der Waals surface area contributed by atoms with Crippen molar-refractivity contribution in [1.29, 1.82) is 0 Å². The van der Waals surface area contributed by atoms with Crippen molar-refractivity contribution in [2.24, 2.45) is 0 Å². The van der Waals surface area contributed by atoms with E-state index in [0.717, 1.165) is 31.4 Å². The third-order valence-electron chi connectivity index (χ3n) is 9.64. The molecular formula is C34H45F3N6O3S.